The maximum absolute atomic E-state index is 12.3. The SMILES string of the molecule is CC.CC(C)(C)OC(=O)N1CCC(c2nc(-c3cc(C(C)(C)C)nc(C(C)(C)C)n3)cs2)CC1. The van der Waals surface area contributed by atoms with E-state index in [1.807, 2.05) is 39.5 Å². The second kappa shape index (κ2) is 10.7. The van der Waals surface area contributed by atoms with Crippen LogP contribution in [-0.2, 0) is 15.6 Å². The average molecular weight is 489 g/mol. The molecule has 3 rings (SSSR count). The number of amides is 1. The summed E-state index contributed by atoms with van der Waals surface area (Å²) in [4.78, 5) is 28.9. The first-order chi connectivity index (χ1) is 15.6. The van der Waals surface area contributed by atoms with Crippen LogP contribution in [0.15, 0.2) is 11.4 Å². The fourth-order valence-electron chi connectivity index (χ4n) is 3.53. The van der Waals surface area contributed by atoms with E-state index in [-0.39, 0.29) is 16.9 Å². The summed E-state index contributed by atoms with van der Waals surface area (Å²) in [6.45, 7) is 24.1. The van der Waals surface area contributed by atoms with Crippen LogP contribution < -0.4 is 0 Å². The second-order valence-corrected chi connectivity index (χ2v) is 12.7. The molecule has 0 spiro atoms. The molecular weight excluding hydrogens is 444 g/mol. The summed E-state index contributed by atoms with van der Waals surface area (Å²) in [7, 11) is 0. The van der Waals surface area contributed by atoms with E-state index in [0.717, 1.165) is 40.8 Å². The van der Waals surface area contributed by atoms with E-state index in [2.05, 4.69) is 53.0 Å². The number of thiazole rings is 1. The molecule has 7 heteroatoms. The monoisotopic (exact) mass is 488 g/mol. The van der Waals surface area contributed by atoms with Crippen molar-refractivity contribution in [1.29, 1.82) is 0 Å². The van der Waals surface area contributed by atoms with Gasteiger partial charge in [-0.3, -0.25) is 0 Å². The zero-order chi connectivity index (χ0) is 25.9. The van der Waals surface area contributed by atoms with Gasteiger partial charge in [0.15, 0.2) is 0 Å². The zero-order valence-electron chi connectivity index (χ0n) is 23.1. The summed E-state index contributed by atoms with van der Waals surface area (Å²) in [6.07, 6.45) is 1.58. The van der Waals surface area contributed by atoms with E-state index in [4.69, 9.17) is 19.7 Å². The molecule has 1 amide bonds. The molecule has 34 heavy (non-hydrogen) atoms. The molecule has 0 unspecified atom stereocenters. The molecule has 0 bridgehead atoms. The van der Waals surface area contributed by atoms with Crippen molar-refractivity contribution < 1.29 is 9.53 Å². The molecule has 1 aliphatic heterocycles. The van der Waals surface area contributed by atoms with Crippen LogP contribution in [0.3, 0.4) is 0 Å². The highest BCUT2D eigenvalue weighted by atomic mass is 32.1. The van der Waals surface area contributed by atoms with Crippen molar-refractivity contribution in [3.8, 4) is 11.4 Å². The highest BCUT2D eigenvalue weighted by Crippen LogP contribution is 2.34. The molecule has 0 aliphatic carbocycles. The predicted octanol–water partition coefficient (Wildman–Crippen LogP) is 7.34. The van der Waals surface area contributed by atoms with Crippen LogP contribution in [0.5, 0.6) is 0 Å². The smallest absolute Gasteiger partial charge is 0.410 e. The van der Waals surface area contributed by atoms with Crippen LogP contribution in [-0.4, -0.2) is 44.6 Å². The molecule has 1 saturated heterocycles. The third kappa shape index (κ3) is 7.49. The highest BCUT2D eigenvalue weighted by molar-refractivity contribution is 7.10. The topological polar surface area (TPSA) is 68.2 Å². The van der Waals surface area contributed by atoms with Gasteiger partial charge in [-0.1, -0.05) is 55.4 Å². The van der Waals surface area contributed by atoms with Crippen molar-refractivity contribution in [2.24, 2.45) is 0 Å². The normalized spacial score (nSPS) is 15.6. The third-order valence-electron chi connectivity index (χ3n) is 5.45. The maximum atomic E-state index is 12.3. The van der Waals surface area contributed by atoms with Gasteiger partial charge in [0.05, 0.1) is 22.1 Å². The van der Waals surface area contributed by atoms with E-state index in [0.29, 0.717) is 19.0 Å². The van der Waals surface area contributed by atoms with Crippen LogP contribution in [0, 0.1) is 0 Å². The molecule has 1 fully saturated rings. The van der Waals surface area contributed by atoms with Crippen LogP contribution in [0.1, 0.15) is 111 Å². The van der Waals surface area contributed by atoms with Gasteiger partial charge in [-0.15, -0.1) is 11.3 Å². The first kappa shape index (κ1) is 28.2. The molecule has 3 heterocycles. The van der Waals surface area contributed by atoms with Gasteiger partial charge in [0, 0.05) is 35.2 Å². The number of carbonyl (C=O) groups is 1. The Morgan fingerprint density at radius 3 is 2.00 bits per heavy atom. The zero-order valence-corrected chi connectivity index (χ0v) is 23.9. The second-order valence-electron chi connectivity index (χ2n) is 11.8. The maximum Gasteiger partial charge on any atom is 0.410 e. The minimum absolute atomic E-state index is 0.0645. The summed E-state index contributed by atoms with van der Waals surface area (Å²) in [6, 6.07) is 2.08. The lowest BCUT2D eigenvalue weighted by atomic mass is 9.89. The van der Waals surface area contributed by atoms with Crippen molar-refractivity contribution >= 4 is 17.4 Å². The van der Waals surface area contributed by atoms with Crippen molar-refractivity contribution in [3.63, 3.8) is 0 Å². The molecule has 0 atom stereocenters. The number of piperidine rings is 1. The van der Waals surface area contributed by atoms with Gasteiger partial charge < -0.3 is 9.64 Å². The lowest BCUT2D eigenvalue weighted by Gasteiger charge is -2.32. The molecule has 0 N–H and O–H groups in total. The summed E-state index contributed by atoms with van der Waals surface area (Å²) in [5.41, 5.74) is 2.18. The fraction of sp³-hybridized carbons (Fsp3) is 0.704. The molecular formula is C27H44N4O2S. The Labute approximate surface area is 210 Å². The molecule has 0 saturated carbocycles. The molecule has 2 aromatic heterocycles. The summed E-state index contributed by atoms with van der Waals surface area (Å²) < 4.78 is 5.52. The van der Waals surface area contributed by atoms with E-state index in [1.54, 1.807) is 11.3 Å². The fourth-order valence-corrected chi connectivity index (χ4v) is 4.51. The Morgan fingerprint density at radius 2 is 1.50 bits per heavy atom. The van der Waals surface area contributed by atoms with Crippen molar-refractivity contribution in [2.75, 3.05) is 13.1 Å². The van der Waals surface area contributed by atoms with Gasteiger partial charge in [0.2, 0.25) is 0 Å². The van der Waals surface area contributed by atoms with Crippen molar-refractivity contribution in [2.45, 2.75) is 111 Å². The molecule has 0 radical (unpaired) electrons. The minimum atomic E-state index is -0.465. The first-order valence-corrected chi connectivity index (χ1v) is 13.4. The highest BCUT2D eigenvalue weighted by Gasteiger charge is 2.29. The number of carbonyl (C=O) groups excluding carboxylic acids is 1. The number of hydrogen-bond acceptors (Lipinski definition) is 6. The van der Waals surface area contributed by atoms with Crippen LogP contribution in [0.2, 0.25) is 0 Å². The molecule has 1 aliphatic rings. The quantitative estimate of drug-likeness (QED) is 0.442. The Bertz CT molecular complexity index is 924. The average Bonchev–Trinajstić information content (AvgIpc) is 3.23. The van der Waals surface area contributed by atoms with Crippen molar-refractivity contribution in [3.05, 3.63) is 28.0 Å². The van der Waals surface area contributed by atoms with Gasteiger partial charge in [0.1, 0.15) is 11.4 Å². The minimum Gasteiger partial charge on any atom is -0.444 e. The van der Waals surface area contributed by atoms with Gasteiger partial charge in [0.25, 0.3) is 0 Å². The van der Waals surface area contributed by atoms with Gasteiger partial charge >= 0.3 is 6.09 Å². The van der Waals surface area contributed by atoms with Gasteiger partial charge in [-0.05, 0) is 39.7 Å². The number of ether oxygens (including phenoxy) is 1. The molecule has 2 aromatic rings. The summed E-state index contributed by atoms with van der Waals surface area (Å²) in [5.74, 6) is 1.21. The van der Waals surface area contributed by atoms with E-state index in [1.165, 1.54) is 0 Å². The van der Waals surface area contributed by atoms with Crippen LogP contribution >= 0.6 is 11.3 Å². The number of hydrogen-bond donors (Lipinski definition) is 0. The van der Waals surface area contributed by atoms with E-state index in [9.17, 15) is 4.79 Å². The van der Waals surface area contributed by atoms with Gasteiger partial charge in [-0.2, -0.15) is 0 Å². The molecule has 0 aromatic carbocycles. The van der Waals surface area contributed by atoms with E-state index < -0.39 is 5.60 Å². The number of aromatic nitrogens is 3. The van der Waals surface area contributed by atoms with Crippen LogP contribution in [0.4, 0.5) is 4.79 Å². The number of nitrogens with zero attached hydrogens (tertiary/aromatic N) is 4. The Hall–Kier alpha value is -2.02. The van der Waals surface area contributed by atoms with Crippen molar-refractivity contribution in [1.82, 2.24) is 19.9 Å². The Balaban J connectivity index is 0.00000199. The lowest BCUT2D eigenvalue weighted by molar-refractivity contribution is 0.0205. The van der Waals surface area contributed by atoms with Gasteiger partial charge in [-0.25, -0.2) is 19.7 Å². The summed E-state index contributed by atoms with van der Waals surface area (Å²) in [5, 5.41) is 3.23. The number of rotatable bonds is 2. The summed E-state index contributed by atoms with van der Waals surface area (Å²) >= 11 is 1.69. The predicted molar refractivity (Wildman–Crippen MR) is 142 cm³/mol. The Morgan fingerprint density at radius 1 is 0.912 bits per heavy atom. The van der Waals surface area contributed by atoms with E-state index >= 15 is 0 Å². The Kier molecular flexibility index (Phi) is 8.89. The van der Waals surface area contributed by atoms with Crippen LogP contribution in [0.25, 0.3) is 11.4 Å². The number of likely N-dealkylation sites (tertiary alicyclic amines) is 1. The lowest BCUT2D eigenvalue weighted by Crippen LogP contribution is -2.41. The molecule has 6 nitrogen and oxygen atoms in total. The largest absolute Gasteiger partial charge is 0.444 e. The molecule has 190 valence electrons. The third-order valence-corrected chi connectivity index (χ3v) is 6.45. The standard InChI is InChI=1S/C25H38N4O2S.C2H6/c1-23(2,3)19-14-17(27-21(28-19)24(4,5)6)18-15-32-20(26-18)16-10-12-29(13-11-16)22(30)31-25(7,8)9;1-2/h14-16H,10-13H2,1-9H3;1-2H3. The first-order valence-electron chi connectivity index (χ1n) is 12.5.